The quantitative estimate of drug-likeness (QED) is 0.466. The average molecular weight is 408 g/mol. The monoisotopic (exact) mass is 407 g/mol. The summed E-state index contributed by atoms with van der Waals surface area (Å²) in [5.74, 6) is 1.20. The largest absolute Gasteiger partial charge is 0.461 e. The predicted molar refractivity (Wildman–Crippen MR) is 120 cm³/mol. The number of hydrogen-bond acceptors (Lipinski definition) is 2. The van der Waals surface area contributed by atoms with Crippen LogP contribution in [-0.4, -0.2) is 12.5 Å². The van der Waals surface area contributed by atoms with Crippen molar-refractivity contribution in [1.29, 1.82) is 0 Å². The molecular formula is C25H26ClNO2. The molecule has 0 unspecified atom stereocenters. The molecule has 3 aromatic rings. The Balaban J connectivity index is 1.73. The van der Waals surface area contributed by atoms with Crippen LogP contribution in [0.15, 0.2) is 65.1 Å². The highest BCUT2D eigenvalue weighted by atomic mass is 35.5. The second-order valence-electron chi connectivity index (χ2n) is 7.07. The first kappa shape index (κ1) is 20.9. The van der Waals surface area contributed by atoms with Gasteiger partial charge in [-0.2, -0.15) is 0 Å². The summed E-state index contributed by atoms with van der Waals surface area (Å²) in [5.41, 5.74) is 4.97. The second-order valence-corrected chi connectivity index (χ2v) is 7.51. The maximum atomic E-state index is 12.8. The van der Waals surface area contributed by atoms with Gasteiger partial charge in [0.1, 0.15) is 11.5 Å². The molecular weight excluding hydrogens is 382 g/mol. The molecule has 0 aliphatic heterocycles. The molecule has 3 nitrogen and oxygen atoms in total. The van der Waals surface area contributed by atoms with E-state index in [-0.39, 0.29) is 5.91 Å². The molecule has 0 saturated heterocycles. The van der Waals surface area contributed by atoms with E-state index >= 15 is 0 Å². The lowest BCUT2D eigenvalue weighted by molar-refractivity contribution is 0.0955. The molecule has 1 heterocycles. The van der Waals surface area contributed by atoms with E-state index in [4.69, 9.17) is 16.0 Å². The van der Waals surface area contributed by atoms with Crippen molar-refractivity contribution in [2.45, 2.75) is 33.6 Å². The van der Waals surface area contributed by atoms with E-state index in [9.17, 15) is 4.79 Å². The first-order valence-corrected chi connectivity index (χ1v) is 10.3. The van der Waals surface area contributed by atoms with Gasteiger partial charge >= 0.3 is 0 Å². The fourth-order valence-electron chi connectivity index (χ4n) is 3.43. The number of amides is 1. The van der Waals surface area contributed by atoms with Crippen molar-refractivity contribution in [2.24, 2.45) is 0 Å². The summed E-state index contributed by atoms with van der Waals surface area (Å²) in [6, 6.07) is 17.4. The fourth-order valence-corrected chi connectivity index (χ4v) is 3.60. The summed E-state index contributed by atoms with van der Waals surface area (Å²) in [4.78, 5) is 12.8. The molecule has 0 fully saturated rings. The molecule has 1 N–H and O–H groups in total. The number of carbonyl (C=O) groups excluding carboxylic acids is 1. The van der Waals surface area contributed by atoms with Crippen molar-refractivity contribution >= 4 is 23.1 Å². The van der Waals surface area contributed by atoms with Crippen molar-refractivity contribution in [2.75, 3.05) is 6.54 Å². The van der Waals surface area contributed by atoms with E-state index in [1.165, 1.54) is 11.1 Å². The van der Waals surface area contributed by atoms with E-state index in [1.807, 2.05) is 55.5 Å². The summed E-state index contributed by atoms with van der Waals surface area (Å²) in [6.07, 6.45) is 3.86. The minimum Gasteiger partial charge on any atom is -0.461 e. The number of allylic oxidation sites excluding steroid dienone is 1. The van der Waals surface area contributed by atoms with Crippen LogP contribution in [-0.2, 0) is 0 Å². The Bertz CT molecular complexity index is 1020. The third-order valence-electron chi connectivity index (χ3n) is 4.81. The number of hydrogen-bond donors (Lipinski definition) is 1. The van der Waals surface area contributed by atoms with Crippen molar-refractivity contribution < 1.29 is 9.21 Å². The molecule has 150 valence electrons. The minimum atomic E-state index is -0.126. The van der Waals surface area contributed by atoms with E-state index in [0.717, 1.165) is 34.8 Å². The maximum Gasteiger partial charge on any atom is 0.255 e. The topological polar surface area (TPSA) is 42.2 Å². The van der Waals surface area contributed by atoms with Gasteiger partial charge in [-0.25, -0.2) is 0 Å². The van der Waals surface area contributed by atoms with Gasteiger partial charge < -0.3 is 9.73 Å². The van der Waals surface area contributed by atoms with E-state index in [0.29, 0.717) is 17.9 Å². The van der Waals surface area contributed by atoms with Crippen LogP contribution in [0.4, 0.5) is 0 Å². The normalized spacial score (nSPS) is 11.5. The van der Waals surface area contributed by atoms with Crippen molar-refractivity contribution in [1.82, 2.24) is 5.32 Å². The molecule has 0 radical (unpaired) electrons. The Morgan fingerprint density at radius 3 is 2.55 bits per heavy atom. The van der Waals surface area contributed by atoms with Crippen LogP contribution >= 0.6 is 11.6 Å². The van der Waals surface area contributed by atoms with Gasteiger partial charge in [-0.05, 0) is 61.6 Å². The molecule has 0 bridgehead atoms. The van der Waals surface area contributed by atoms with Crippen molar-refractivity contribution in [3.8, 4) is 11.3 Å². The van der Waals surface area contributed by atoms with Gasteiger partial charge in [-0.3, -0.25) is 4.79 Å². The standard InChI is InChI=1S/C25H26ClNO2/c1-4-8-19(22-16-21(26)12-11-17(22)2)13-14-27-25(28)23-15-18(3)29-24(23)20-9-6-5-7-10-20/h5-12,15-16H,4,13-14H2,1-3H3,(H,27,28). The number of nitrogens with one attached hydrogen (secondary N) is 1. The second kappa shape index (κ2) is 9.62. The zero-order valence-corrected chi connectivity index (χ0v) is 17.8. The highest BCUT2D eigenvalue weighted by molar-refractivity contribution is 6.30. The molecule has 0 aliphatic rings. The van der Waals surface area contributed by atoms with Crippen LogP contribution in [0, 0.1) is 13.8 Å². The number of rotatable bonds is 7. The van der Waals surface area contributed by atoms with Crippen LogP contribution in [0.25, 0.3) is 16.9 Å². The lowest BCUT2D eigenvalue weighted by Crippen LogP contribution is -2.24. The van der Waals surface area contributed by atoms with Gasteiger partial charge in [0, 0.05) is 17.1 Å². The van der Waals surface area contributed by atoms with Crippen molar-refractivity contribution in [3.63, 3.8) is 0 Å². The summed E-state index contributed by atoms with van der Waals surface area (Å²) in [5, 5.41) is 3.76. The summed E-state index contributed by atoms with van der Waals surface area (Å²) >= 11 is 6.20. The summed E-state index contributed by atoms with van der Waals surface area (Å²) in [6.45, 7) is 6.58. The van der Waals surface area contributed by atoms with Gasteiger partial charge in [0.2, 0.25) is 0 Å². The number of halogens is 1. The smallest absolute Gasteiger partial charge is 0.255 e. The highest BCUT2D eigenvalue weighted by Crippen LogP contribution is 2.28. The van der Waals surface area contributed by atoms with Gasteiger partial charge in [-0.15, -0.1) is 0 Å². The van der Waals surface area contributed by atoms with Gasteiger partial charge in [0.25, 0.3) is 5.91 Å². The number of benzene rings is 2. The molecule has 29 heavy (non-hydrogen) atoms. The summed E-state index contributed by atoms with van der Waals surface area (Å²) < 4.78 is 5.80. The predicted octanol–water partition coefficient (Wildman–Crippen LogP) is 6.83. The lowest BCUT2D eigenvalue weighted by Gasteiger charge is -2.12. The Morgan fingerprint density at radius 2 is 1.83 bits per heavy atom. The maximum absolute atomic E-state index is 12.8. The summed E-state index contributed by atoms with van der Waals surface area (Å²) in [7, 11) is 0. The Hall–Kier alpha value is -2.78. The minimum absolute atomic E-state index is 0.126. The van der Waals surface area contributed by atoms with Crippen LogP contribution < -0.4 is 5.32 Å². The fraction of sp³-hybridized carbons (Fsp3) is 0.240. The molecule has 3 rings (SSSR count). The Labute approximate surface area is 177 Å². The molecule has 2 aromatic carbocycles. The van der Waals surface area contributed by atoms with E-state index in [2.05, 4.69) is 25.2 Å². The van der Waals surface area contributed by atoms with Crippen LogP contribution in [0.1, 0.15) is 47.0 Å². The molecule has 0 spiro atoms. The van der Waals surface area contributed by atoms with Gasteiger partial charge in [-0.1, -0.05) is 61.0 Å². The number of carbonyl (C=O) groups is 1. The molecule has 0 atom stereocenters. The lowest BCUT2D eigenvalue weighted by atomic mass is 9.97. The Morgan fingerprint density at radius 1 is 1.07 bits per heavy atom. The molecule has 0 saturated carbocycles. The Kier molecular flexibility index (Phi) is 6.95. The first-order valence-electron chi connectivity index (χ1n) is 9.89. The SMILES string of the molecule is CCC=C(CCNC(=O)c1cc(C)oc1-c1ccccc1)c1cc(Cl)ccc1C. The van der Waals surface area contributed by atoms with Crippen LogP contribution in [0.3, 0.4) is 0 Å². The van der Waals surface area contributed by atoms with Crippen LogP contribution in [0.5, 0.6) is 0 Å². The van der Waals surface area contributed by atoms with Gasteiger partial charge in [0.05, 0.1) is 5.56 Å². The third kappa shape index (κ3) is 5.18. The molecule has 1 aromatic heterocycles. The molecule has 1 amide bonds. The number of aryl methyl sites for hydroxylation is 2. The van der Waals surface area contributed by atoms with E-state index in [1.54, 1.807) is 6.07 Å². The van der Waals surface area contributed by atoms with Crippen molar-refractivity contribution in [3.05, 3.63) is 88.1 Å². The van der Waals surface area contributed by atoms with Gasteiger partial charge in [0.15, 0.2) is 0 Å². The number of furan rings is 1. The average Bonchev–Trinajstić information content (AvgIpc) is 3.11. The van der Waals surface area contributed by atoms with Crippen LogP contribution in [0.2, 0.25) is 5.02 Å². The first-order chi connectivity index (χ1) is 14.0. The molecule has 4 heteroatoms. The zero-order valence-electron chi connectivity index (χ0n) is 17.1. The third-order valence-corrected chi connectivity index (χ3v) is 5.05. The van der Waals surface area contributed by atoms with E-state index < -0.39 is 0 Å². The highest BCUT2D eigenvalue weighted by Gasteiger charge is 2.18. The zero-order chi connectivity index (χ0) is 20.8. The molecule has 0 aliphatic carbocycles.